The van der Waals surface area contributed by atoms with Crippen molar-refractivity contribution in [3.05, 3.63) is 58.6 Å². The predicted molar refractivity (Wildman–Crippen MR) is 98.7 cm³/mol. The molecular formula is C19H22BrNO3. The van der Waals surface area contributed by atoms with Gasteiger partial charge in [0.2, 0.25) is 0 Å². The number of aliphatic hydroxyl groups excluding tert-OH is 2. The van der Waals surface area contributed by atoms with Crippen LogP contribution in [0.2, 0.25) is 0 Å². The molecule has 3 N–H and O–H groups in total. The number of benzene rings is 2. The quantitative estimate of drug-likeness (QED) is 0.678. The Morgan fingerprint density at radius 3 is 2.00 bits per heavy atom. The van der Waals surface area contributed by atoms with Crippen molar-refractivity contribution >= 4 is 21.7 Å². The number of carbonyl (C=O) groups is 1. The molecule has 128 valence electrons. The lowest BCUT2D eigenvalue weighted by Gasteiger charge is -2.24. The van der Waals surface area contributed by atoms with Crippen LogP contribution >= 0.6 is 15.9 Å². The third-order valence-corrected chi connectivity index (χ3v) is 4.53. The van der Waals surface area contributed by atoms with Gasteiger partial charge in [0.05, 0.1) is 12.1 Å². The number of hydrogen-bond acceptors (Lipinski definition) is 4. The molecule has 2 aromatic carbocycles. The summed E-state index contributed by atoms with van der Waals surface area (Å²) in [5.74, 6) is -0.414. The second kappa shape index (κ2) is 8.53. The van der Waals surface area contributed by atoms with Crippen molar-refractivity contribution in [1.29, 1.82) is 0 Å². The Kier molecular flexibility index (Phi) is 6.69. The van der Waals surface area contributed by atoms with E-state index in [4.69, 9.17) is 5.11 Å². The summed E-state index contributed by atoms with van der Waals surface area (Å²) in [6, 6.07) is 15.2. The number of ketones is 1. The minimum absolute atomic E-state index is 0.126. The van der Waals surface area contributed by atoms with Crippen LogP contribution in [-0.4, -0.2) is 34.7 Å². The van der Waals surface area contributed by atoms with E-state index in [0.29, 0.717) is 0 Å². The Morgan fingerprint density at radius 1 is 1.04 bits per heavy atom. The van der Waals surface area contributed by atoms with E-state index in [-0.39, 0.29) is 6.04 Å². The monoisotopic (exact) mass is 391 g/mol. The van der Waals surface area contributed by atoms with Crippen LogP contribution in [0.15, 0.2) is 53.0 Å². The van der Waals surface area contributed by atoms with Gasteiger partial charge in [0.1, 0.15) is 6.61 Å². The number of hydrogen-bond donors (Lipinski definition) is 3. The fourth-order valence-corrected chi connectivity index (χ4v) is 2.84. The average Bonchev–Trinajstić information content (AvgIpc) is 2.59. The fraction of sp³-hybridized carbons (Fsp3) is 0.316. The topological polar surface area (TPSA) is 69.6 Å². The van der Waals surface area contributed by atoms with E-state index in [1.807, 2.05) is 55.5 Å². The van der Waals surface area contributed by atoms with Gasteiger partial charge in [-0.25, -0.2) is 0 Å². The molecule has 4 nitrogen and oxygen atoms in total. The normalized spacial score (nSPS) is 14.9. The van der Waals surface area contributed by atoms with Crippen LogP contribution < -0.4 is 5.32 Å². The highest BCUT2D eigenvalue weighted by Crippen LogP contribution is 2.24. The van der Waals surface area contributed by atoms with Gasteiger partial charge in [0.15, 0.2) is 5.78 Å². The first kappa shape index (κ1) is 18.8. The summed E-state index contributed by atoms with van der Waals surface area (Å²) < 4.78 is 1.04. The SMILES string of the molecule is CC(N[C@H](C(=O)CO)[C@@H](C)O)c1ccc(-c2ccc(Br)cc2)cc1. The van der Waals surface area contributed by atoms with E-state index >= 15 is 0 Å². The summed E-state index contributed by atoms with van der Waals surface area (Å²) in [6.45, 7) is 2.88. The maximum atomic E-state index is 11.7. The molecule has 0 aliphatic rings. The lowest BCUT2D eigenvalue weighted by molar-refractivity contribution is -0.126. The van der Waals surface area contributed by atoms with Gasteiger partial charge in [-0.2, -0.15) is 0 Å². The summed E-state index contributed by atoms with van der Waals surface area (Å²) in [6.07, 6.45) is -0.867. The maximum absolute atomic E-state index is 11.7. The summed E-state index contributed by atoms with van der Waals surface area (Å²) in [5, 5.41) is 21.8. The molecule has 0 amide bonds. The average molecular weight is 392 g/mol. The lowest BCUT2D eigenvalue weighted by Crippen LogP contribution is -2.47. The predicted octanol–water partition coefficient (Wildman–Crippen LogP) is 3.08. The van der Waals surface area contributed by atoms with Crippen molar-refractivity contribution in [1.82, 2.24) is 5.32 Å². The molecule has 0 aliphatic carbocycles. The first-order valence-corrected chi connectivity index (χ1v) is 8.65. The maximum Gasteiger partial charge on any atom is 0.177 e. The first-order chi connectivity index (χ1) is 11.4. The van der Waals surface area contributed by atoms with Gasteiger partial charge < -0.3 is 10.2 Å². The molecule has 0 aliphatic heterocycles. The largest absolute Gasteiger partial charge is 0.391 e. The van der Waals surface area contributed by atoms with E-state index < -0.39 is 24.5 Å². The van der Waals surface area contributed by atoms with Crippen LogP contribution in [0.1, 0.15) is 25.5 Å². The zero-order valence-electron chi connectivity index (χ0n) is 13.7. The number of nitrogens with one attached hydrogen (secondary N) is 1. The summed E-state index contributed by atoms with van der Waals surface area (Å²) in [4.78, 5) is 11.7. The van der Waals surface area contributed by atoms with E-state index in [1.165, 1.54) is 6.92 Å². The zero-order chi connectivity index (χ0) is 17.7. The van der Waals surface area contributed by atoms with Crippen molar-refractivity contribution in [3.8, 4) is 11.1 Å². The third-order valence-electron chi connectivity index (χ3n) is 4.00. The van der Waals surface area contributed by atoms with Gasteiger partial charge in [-0.1, -0.05) is 52.3 Å². The summed E-state index contributed by atoms with van der Waals surface area (Å²) in [7, 11) is 0. The summed E-state index contributed by atoms with van der Waals surface area (Å²) in [5.41, 5.74) is 3.24. The molecule has 0 radical (unpaired) electrons. The van der Waals surface area contributed by atoms with Crippen molar-refractivity contribution in [2.45, 2.75) is 32.0 Å². The van der Waals surface area contributed by atoms with Crippen LogP contribution in [0, 0.1) is 0 Å². The summed E-state index contributed by atoms with van der Waals surface area (Å²) >= 11 is 3.43. The molecule has 0 bridgehead atoms. The fourth-order valence-electron chi connectivity index (χ4n) is 2.57. The zero-order valence-corrected chi connectivity index (χ0v) is 15.3. The van der Waals surface area contributed by atoms with Crippen molar-refractivity contribution in [2.75, 3.05) is 6.61 Å². The molecule has 24 heavy (non-hydrogen) atoms. The van der Waals surface area contributed by atoms with E-state index in [9.17, 15) is 9.90 Å². The Hall–Kier alpha value is -1.53. The molecule has 0 aromatic heterocycles. The molecule has 5 heteroatoms. The highest BCUT2D eigenvalue weighted by molar-refractivity contribution is 9.10. The number of halogens is 1. The lowest BCUT2D eigenvalue weighted by atomic mass is 10.00. The van der Waals surface area contributed by atoms with Crippen LogP contribution in [0.25, 0.3) is 11.1 Å². The van der Waals surface area contributed by atoms with Crippen molar-refractivity contribution in [2.24, 2.45) is 0 Å². The van der Waals surface area contributed by atoms with Crippen LogP contribution in [0.3, 0.4) is 0 Å². The van der Waals surface area contributed by atoms with Gasteiger partial charge in [-0.3, -0.25) is 10.1 Å². The molecule has 2 rings (SSSR count). The number of carbonyl (C=O) groups excluding carboxylic acids is 1. The Bertz CT molecular complexity index is 668. The van der Waals surface area contributed by atoms with E-state index in [1.54, 1.807) is 0 Å². The minimum Gasteiger partial charge on any atom is -0.391 e. The Labute approximate surface area is 150 Å². The molecule has 0 saturated carbocycles. The Morgan fingerprint density at radius 2 is 1.54 bits per heavy atom. The standard InChI is InChI=1S/C19H22BrNO3/c1-12(21-19(13(2)23)18(24)11-22)14-3-5-15(6-4-14)16-7-9-17(20)10-8-16/h3-10,12-13,19,21-23H,11H2,1-2H3/t12?,13-,19+/m1/s1. The number of Topliss-reactive ketones (excluding diaryl/α,β-unsaturated/α-hetero) is 1. The Balaban J connectivity index is 2.11. The van der Waals surface area contributed by atoms with Gasteiger partial charge >= 0.3 is 0 Å². The number of rotatable bonds is 7. The van der Waals surface area contributed by atoms with Gasteiger partial charge in [0, 0.05) is 10.5 Å². The van der Waals surface area contributed by atoms with E-state index in [0.717, 1.165) is 21.2 Å². The highest BCUT2D eigenvalue weighted by atomic mass is 79.9. The van der Waals surface area contributed by atoms with Gasteiger partial charge in [-0.15, -0.1) is 0 Å². The molecular weight excluding hydrogens is 370 g/mol. The first-order valence-electron chi connectivity index (χ1n) is 7.86. The van der Waals surface area contributed by atoms with Crippen LogP contribution in [-0.2, 0) is 4.79 Å². The van der Waals surface area contributed by atoms with Gasteiger partial charge in [0.25, 0.3) is 0 Å². The van der Waals surface area contributed by atoms with E-state index in [2.05, 4.69) is 21.2 Å². The van der Waals surface area contributed by atoms with Crippen molar-refractivity contribution < 1.29 is 15.0 Å². The molecule has 0 heterocycles. The molecule has 0 fully saturated rings. The highest BCUT2D eigenvalue weighted by Gasteiger charge is 2.24. The van der Waals surface area contributed by atoms with Crippen LogP contribution in [0.5, 0.6) is 0 Å². The molecule has 1 unspecified atom stereocenters. The second-order valence-electron chi connectivity index (χ2n) is 5.86. The van der Waals surface area contributed by atoms with Gasteiger partial charge in [-0.05, 0) is 42.7 Å². The van der Waals surface area contributed by atoms with Crippen LogP contribution in [0.4, 0.5) is 0 Å². The minimum atomic E-state index is -0.867. The molecule has 0 saturated heterocycles. The molecule has 2 aromatic rings. The third kappa shape index (κ3) is 4.74. The number of aliphatic hydroxyl groups is 2. The van der Waals surface area contributed by atoms with Crippen molar-refractivity contribution in [3.63, 3.8) is 0 Å². The molecule has 3 atom stereocenters. The smallest absolute Gasteiger partial charge is 0.177 e. The second-order valence-corrected chi connectivity index (χ2v) is 6.78. The molecule has 0 spiro atoms.